The zero-order valence-electron chi connectivity index (χ0n) is 13.5. The Morgan fingerprint density at radius 3 is 3.00 bits per heavy atom. The van der Waals surface area contributed by atoms with E-state index < -0.39 is 22.0 Å². The highest BCUT2D eigenvalue weighted by molar-refractivity contribution is 7.93. The third kappa shape index (κ3) is 2.57. The first-order valence-electron chi connectivity index (χ1n) is 7.90. The van der Waals surface area contributed by atoms with Gasteiger partial charge in [-0.25, -0.2) is 17.7 Å². The molecule has 2 atom stereocenters. The smallest absolute Gasteiger partial charge is 0.269 e. The van der Waals surface area contributed by atoms with E-state index in [1.54, 1.807) is 16.8 Å². The first-order chi connectivity index (χ1) is 12.0. The monoisotopic (exact) mass is 363 g/mol. The summed E-state index contributed by atoms with van der Waals surface area (Å²) in [5.74, 6) is -0.202. The van der Waals surface area contributed by atoms with E-state index in [0.717, 1.165) is 10.7 Å². The summed E-state index contributed by atoms with van der Waals surface area (Å²) in [6.45, 7) is 2.67. The Morgan fingerprint density at radius 1 is 1.40 bits per heavy atom. The molecule has 0 aromatic carbocycles. The number of anilines is 2. The van der Waals surface area contributed by atoms with Crippen LogP contribution in [0.3, 0.4) is 0 Å². The maximum atomic E-state index is 13.2. The Hall–Kier alpha value is -2.46. The topological polar surface area (TPSA) is 106 Å². The van der Waals surface area contributed by atoms with E-state index in [2.05, 4.69) is 15.4 Å². The molecule has 4 rings (SSSR count). The van der Waals surface area contributed by atoms with Crippen LogP contribution in [-0.2, 0) is 19.6 Å². The molecule has 132 valence electrons. The van der Waals surface area contributed by atoms with Crippen LogP contribution >= 0.6 is 0 Å². The Bertz CT molecular complexity index is 920. The van der Waals surface area contributed by atoms with Crippen molar-refractivity contribution in [3.63, 3.8) is 0 Å². The van der Waals surface area contributed by atoms with Crippen LogP contribution in [0.4, 0.5) is 11.5 Å². The second-order valence-electron chi connectivity index (χ2n) is 6.01. The molecule has 0 aliphatic carbocycles. The second kappa shape index (κ2) is 5.81. The zero-order valence-corrected chi connectivity index (χ0v) is 14.3. The van der Waals surface area contributed by atoms with Gasteiger partial charge in [-0.1, -0.05) is 0 Å². The van der Waals surface area contributed by atoms with Crippen molar-refractivity contribution in [1.29, 1.82) is 0 Å². The molecular formula is C15H17N5O4S. The Balaban J connectivity index is 1.76. The first-order valence-corrected chi connectivity index (χ1v) is 9.34. The molecule has 1 amide bonds. The van der Waals surface area contributed by atoms with Crippen molar-refractivity contribution in [2.75, 3.05) is 22.8 Å². The van der Waals surface area contributed by atoms with Crippen molar-refractivity contribution in [3.05, 3.63) is 30.7 Å². The fourth-order valence-corrected chi connectivity index (χ4v) is 4.55. The lowest BCUT2D eigenvalue weighted by molar-refractivity contribution is -0.117. The van der Waals surface area contributed by atoms with Crippen LogP contribution in [0.25, 0.3) is 0 Å². The summed E-state index contributed by atoms with van der Waals surface area (Å²) >= 11 is 0. The summed E-state index contributed by atoms with van der Waals surface area (Å²) in [6, 6.07) is 2.37. The number of fused-ring (bicyclic) bond motifs is 1. The highest BCUT2D eigenvalue weighted by atomic mass is 32.2. The van der Waals surface area contributed by atoms with Crippen LogP contribution in [0.15, 0.2) is 35.6 Å². The highest BCUT2D eigenvalue weighted by Gasteiger charge is 2.40. The van der Waals surface area contributed by atoms with Crippen LogP contribution < -0.4 is 9.62 Å². The molecule has 2 aromatic heterocycles. The SMILES string of the molecule is CC1C(=O)Nc2cccnc2N1S(=O)(=O)c1cnn(C2CCOC2)c1. The maximum absolute atomic E-state index is 13.2. The van der Waals surface area contributed by atoms with Crippen LogP contribution in [0, 0.1) is 0 Å². The van der Waals surface area contributed by atoms with Crippen LogP contribution in [-0.4, -0.2) is 48.3 Å². The lowest BCUT2D eigenvalue weighted by Gasteiger charge is -2.33. The van der Waals surface area contributed by atoms with Gasteiger partial charge in [0.05, 0.1) is 24.5 Å². The summed E-state index contributed by atoms with van der Waals surface area (Å²) in [4.78, 5) is 16.3. The van der Waals surface area contributed by atoms with Crippen molar-refractivity contribution in [2.45, 2.75) is 30.3 Å². The molecular weight excluding hydrogens is 346 g/mol. The van der Waals surface area contributed by atoms with Gasteiger partial charge < -0.3 is 10.1 Å². The van der Waals surface area contributed by atoms with Gasteiger partial charge in [-0.05, 0) is 25.5 Å². The van der Waals surface area contributed by atoms with Gasteiger partial charge in [0.15, 0.2) is 5.82 Å². The number of sulfonamides is 1. The number of rotatable bonds is 3. The molecule has 0 spiro atoms. The van der Waals surface area contributed by atoms with Gasteiger partial charge >= 0.3 is 0 Å². The molecule has 0 bridgehead atoms. The third-order valence-corrected chi connectivity index (χ3v) is 6.21. The fourth-order valence-electron chi connectivity index (χ4n) is 3.02. The first kappa shape index (κ1) is 16.0. The van der Waals surface area contributed by atoms with Gasteiger partial charge in [0.1, 0.15) is 10.9 Å². The van der Waals surface area contributed by atoms with Crippen LogP contribution in [0.5, 0.6) is 0 Å². The molecule has 1 N–H and O–H groups in total. The van der Waals surface area contributed by atoms with Gasteiger partial charge in [0.25, 0.3) is 10.0 Å². The lowest BCUT2D eigenvalue weighted by Crippen LogP contribution is -2.49. The predicted octanol–water partition coefficient (Wildman–Crippen LogP) is 0.775. The van der Waals surface area contributed by atoms with Gasteiger partial charge in [0.2, 0.25) is 5.91 Å². The molecule has 0 radical (unpaired) electrons. The molecule has 10 heteroatoms. The molecule has 1 fully saturated rings. The molecule has 0 saturated carbocycles. The largest absolute Gasteiger partial charge is 0.379 e. The number of ether oxygens (including phenoxy) is 1. The normalized spacial score (nSPS) is 23.4. The molecule has 2 aromatic rings. The number of carbonyl (C=O) groups is 1. The molecule has 2 unspecified atom stereocenters. The van der Waals surface area contributed by atoms with Gasteiger partial charge in [0, 0.05) is 19.0 Å². The number of hydrogen-bond donors (Lipinski definition) is 1. The molecule has 9 nitrogen and oxygen atoms in total. The van der Waals surface area contributed by atoms with Gasteiger partial charge in [-0.2, -0.15) is 5.10 Å². The van der Waals surface area contributed by atoms with Crippen LogP contribution in [0.2, 0.25) is 0 Å². The number of nitrogens with zero attached hydrogens (tertiary/aromatic N) is 4. The van der Waals surface area contributed by atoms with E-state index in [1.807, 2.05) is 0 Å². The van der Waals surface area contributed by atoms with E-state index in [4.69, 9.17) is 4.74 Å². The maximum Gasteiger partial charge on any atom is 0.269 e. The van der Waals surface area contributed by atoms with Gasteiger partial charge in [-0.3, -0.25) is 9.48 Å². The summed E-state index contributed by atoms with van der Waals surface area (Å²) in [6.07, 6.45) is 5.06. The van der Waals surface area contributed by atoms with Crippen molar-refractivity contribution in [3.8, 4) is 0 Å². The minimum atomic E-state index is -3.98. The van der Waals surface area contributed by atoms with E-state index in [9.17, 15) is 13.2 Å². The molecule has 2 aliphatic rings. The summed E-state index contributed by atoms with van der Waals surface area (Å²) in [5, 5.41) is 6.84. The number of hydrogen-bond acceptors (Lipinski definition) is 6. The average Bonchev–Trinajstić information content (AvgIpc) is 3.27. The quantitative estimate of drug-likeness (QED) is 0.863. The Labute approximate surface area is 144 Å². The third-order valence-electron chi connectivity index (χ3n) is 4.40. The summed E-state index contributed by atoms with van der Waals surface area (Å²) < 4.78 is 34.3. The van der Waals surface area contributed by atoms with Crippen LogP contribution in [0.1, 0.15) is 19.4 Å². The second-order valence-corrected chi connectivity index (χ2v) is 7.83. The van der Waals surface area contributed by atoms with Gasteiger partial charge in [-0.15, -0.1) is 0 Å². The summed E-state index contributed by atoms with van der Waals surface area (Å²) in [7, 11) is -3.98. The molecule has 25 heavy (non-hydrogen) atoms. The molecule has 1 saturated heterocycles. The number of amides is 1. The fraction of sp³-hybridized carbons (Fsp3) is 0.400. The minimum Gasteiger partial charge on any atom is -0.379 e. The number of aromatic nitrogens is 3. The van der Waals surface area contributed by atoms with Crippen molar-refractivity contribution in [1.82, 2.24) is 14.8 Å². The van der Waals surface area contributed by atoms with Crippen molar-refractivity contribution in [2.24, 2.45) is 0 Å². The average molecular weight is 363 g/mol. The van der Waals surface area contributed by atoms with E-state index in [0.29, 0.717) is 18.9 Å². The van der Waals surface area contributed by atoms with E-state index in [1.165, 1.54) is 25.5 Å². The van der Waals surface area contributed by atoms with E-state index in [-0.39, 0.29) is 16.8 Å². The standard InChI is InChI=1S/C15H17N5O4S/c1-10-15(21)18-13-3-2-5-16-14(13)20(10)25(22,23)12-7-17-19(8-12)11-4-6-24-9-11/h2-3,5,7-8,10-11H,4,6,9H2,1H3,(H,18,21). The molecule has 2 aliphatic heterocycles. The van der Waals surface area contributed by atoms with Crippen molar-refractivity contribution < 1.29 is 17.9 Å². The Kier molecular flexibility index (Phi) is 3.73. The number of nitrogens with one attached hydrogen (secondary N) is 1. The van der Waals surface area contributed by atoms with Crippen molar-refractivity contribution >= 4 is 27.4 Å². The zero-order chi connectivity index (χ0) is 17.6. The Morgan fingerprint density at radius 2 is 2.24 bits per heavy atom. The minimum absolute atomic E-state index is 0.0245. The molecule has 4 heterocycles. The summed E-state index contributed by atoms with van der Waals surface area (Å²) in [5.41, 5.74) is 0.366. The number of pyridine rings is 1. The number of carbonyl (C=O) groups excluding carboxylic acids is 1. The highest BCUT2D eigenvalue weighted by Crippen LogP contribution is 2.34. The predicted molar refractivity (Wildman–Crippen MR) is 88.7 cm³/mol. The lowest BCUT2D eigenvalue weighted by atomic mass is 10.2. The van der Waals surface area contributed by atoms with E-state index >= 15 is 0 Å².